The third-order valence-electron chi connectivity index (χ3n) is 1.90. The highest BCUT2D eigenvalue weighted by Gasteiger charge is 2.09. The molecule has 0 radical (unpaired) electrons. The van der Waals surface area contributed by atoms with Crippen molar-refractivity contribution in [2.75, 3.05) is 0 Å². The van der Waals surface area contributed by atoms with Gasteiger partial charge in [0, 0.05) is 11.6 Å². The largest absolute Gasteiger partial charge is 0.255 e. The van der Waals surface area contributed by atoms with Crippen LogP contribution in [0.15, 0.2) is 41.6 Å². The zero-order valence-electron chi connectivity index (χ0n) is 8.03. The molecule has 0 aliphatic carbocycles. The highest BCUT2D eigenvalue weighted by molar-refractivity contribution is 7.89. The predicted molar refractivity (Wildman–Crippen MR) is 67.6 cm³/mol. The summed E-state index contributed by atoms with van der Waals surface area (Å²) in [6.45, 7) is 0. The molecule has 0 aliphatic rings. The molecule has 2 aromatic rings. The van der Waals surface area contributed by atoms with Gasteiger partial charge in [-0.3, -0.25) is 0 Å². The Bertz CT molecular complexity index is 587. The van der Waals surface area contributed by atoms with Crippen LogP contribution in [-0.2, 0) is 10.0 Å². The first-order valence-corrected chi connectivity index (χ1v) is 5.49. The van der Waals surface area contributed by atoms with E-state index in [1.807, 2.05) is 24.3 Å². The number of fused-ring (bicyclic) bond motifs is 1. The van der Waals surface area contributed by atoms with Crippen molar-refractivity contribution in [2.45, 2.75) is 5.03 Å². The first kappa shape index (κ1) is 15.1. The number of nitrogens with two attached hydrogens (primary N) is 1. The molecule has 0 saturated carbocycles. The van der Waals surface area contributed by atoms with Crippen LogP contribution in [-0.4, -0.2) is 13.4 Å². The maximum atomic E-state index is 11.0. The number of rotatable bonds is 1. The Kier molecular flexibility index (Phi) is 5.15. The molecule has 1 heterocycles. The van der Waals surface area contributed by atoms with Gasteiger partial charge < -0.3 is 0 Å². The zero-order valence-corrected chi connectivity index (χ0v) is 10.5. The lowest BCUT2D eigenvalue weighted by Crippen LogP contribution is -2.13. The molecule has 1 aromatic carbocycles. The summed E-state index contributed by atoms with van der Waals surface area (Å²) in [7, 11) is -3.71. The predicted octanol–water partition coefficient (Wildman–Crippen LogP) is 1.73. The van der Waals surface area contributed by atoms with E-state index >= 15 is 0 Å². The van der Waals surface area contributed by atoms with Gasteiger partial charge in [0.15, 0.2) is 5.03 Å². The van der Waals surface area contributed by atoms with Crippen molar-refractivity contribution in [1.29, 1.82) is 0 Å². The molecule has 0 fully saturated rings. The van der Waals surface area contributed by atoms with Crippen LogP contribution in [0.2, 0.25) is 0 Å². The minimum atomic E-state index is -3.71. The lowest BCUT2D eigenvalue weighted by molar-refractivity contribution is 0.594. The van der Waals surface area contributed by atoms with Crippen molar-refractivity contribution < 1.29 is 8.42 Å². The molecule has 2 rings (SSSR count). The molecular weight excluding hydrogens is 271 g/mol. The summed E-state index contributed by atoms with van der Waals surface area (Å²) >= 11 is 0. The van der Waals surface area contributed by atoms with Gasteiger partial charge in [0.05, 0.1) is 0 Å². The highest BCUT2D eigenvalue weighted by atomic mass is 35.5. The second-order valence-corrected chi connectivity index (χ2v) is 4.42. The first-order chi connectivity index (χ1) is 6.57. The topological polar surface area (TPSA) is 73.1 Å². The molecular formula is C9H10Cl2N2O2S. The van der Waals surface area contributed by atoms with E-state index in [9.17, 15) is 8.42 Å². The van der Waals surface area contributed by atoms with Gasteiger partial charge in [-0.25, -0.2) is 18.5 Å². The van der Waals surface area contributed by atoms with Crippen LogP contribution in [0.1, 0.15) is 0 Å². The van der Waals surface area contributed by atoms with Crippen molar-refractivity contribution in [3.8, 4) is 0 Å². The van der Waals surface area contributed by atoms with Crippen molar-refractivity contribution in [3.05, 3.63) is 36.5 Å². The molecule has 7 heteroatoms. The number of hydrogen-bond acceptors (Lipinski definition) is 3. The summed E-state index contributed by atoms with van der Waals surface area (Å²) in [5.74, 6) is 0. The van der Waals surface area contributed by atoms with Gasteiger partial charge in [-0.2, -0.15) is 0 Å². The minimum Gasteiger partial charge on any atom is -0.243 e. The molecule has 88 valence electrons. The van der Waals surface area contributed by atoms with E-state index in [1.54, 1.807) is 0 Å². The van der Waals surface area contributed by atoms with E-state index in [-0.39, 0.29) is 29.8 Å². The van der Waals surface area contributed by atoms with E-state index in [0.29, 0.717) is 0 Å². The molecule has 0 aliphatic heterocycles. The summed E-state index contributed by atoms with van der Waals surface area (Å²) in [5.41, 5.74) is 0. The minimum absolute atomic E-state index is 0. The van der Waals surface area contributed by atoms with Crippen LogP contribution >= 0.6 is 24.8 Å². The van der Waals surface area contributed by atoms with E-state index in [4.69, 9.17) is 5.14 Å². The van der Waals surface area contributed by atoms with Gasteiger partial charge in [-0.15, -0.1) is 24.8 Å². The fourth-order valence-electron chi connectivity index (χ4n) is 1.22. The Labute approximate surface area is 106 Å². The quantitative estimate of drug-likeness (QED) is 0.865. The maximum Gasteiger partial charge on any atom is 0.255 e. The smallest absolute Gasteiger partial charge is 0.243 e. The Balaban J connectivity index is 0.00000112. The molecule has 4 nitrogen and oxygen atoms in total. The average molecular weight is 281 g/mol. The fourth-order valence-corrected chi connectivity index (χ4v) is 1.71. The molecule has 2 N–H and O–H groups in total. The summed E-state index contributed by atoms with van der Waals surface area (Å²) in [5, 5.41) is 6.56. The van der Waals surface area contributed by atoms with Crippen molar-refractivity contribution in [3.63, 3.8) is 0 Å². The van der Waals surface area contributed by atoms with Gasteiger partial charge in [0.25, 0.3) is 10.0 Å². The van der Waals surface area contributed by atoms with E-state index in [1.165, 1.54) is 12.3 Å². The molecule has 1 aromatic heterocycles. The molecule has 0 spiro atoms. The molecule has 0 bridgehead atoms. The Morgan fingerprint density at radius 3 is 2.19 bits per heavy atom. The summed E-state index contributed by atoms with van der Waals surface area (Å²) in [6, 6.07) is 8.82. The van der Waals surface area contributed by atoms with E-state index in [2.05, 4.69) is 4.98 Å². The number of benzene rings is 1. The van der Waals surface area contributed by atoms with Gasteiger partial charge >= 0.3 is 0 Å². The van der Waals surface area contributed by atoms with Crippen LogP contribution in [0, 0.1) is 0 Å². The van der Waals surface area contributed by atoms with Crippen LogP contribution in [0.3, 0.4) is 0 Å². The molecule has 0 amide bonds. The standard InChI is InChI=1S/C9H8N2O2S.2ClH/c10-14(12,13)9-5-7-3-1-2-4-8(7)6-11-9;;/h1-6H,(H2,10,12,13);2*1H. The number of hydrogen-bond donors (Lipinski definition) is 1. The molecule has 0 atom stereocenters. The monoisotopic (exact) mass is 280 g/mol. The number of halogens is 2. The zero-order chi connectivity index (χ0) is 10.2. The van der Waals surface area contributed by atoms with Gasteiger partial charge in [0.2, 0.25) is 0 Å². The second-order valence-electron chi connectivity index (χ2n) is 2.91. The Hall–Kier alpha value is -0.880. The highest BCUT2D eigenvalue weighted by Crippen LogP contribution is 2.14. The number of sulfonamides is 1. The average Bonchev–Trinajstić information content (AvgIpc) is 2.16. The van der Waals surface area contributed by atoms with Crippen LogP contribution < -0.4 is 5.14 Å². The van der Waals surface area contributed by atoms with E-state index in [0.717, 1.165) is 10.8 Å². The summed E-state index contributed by atoms with van der Waals surface area (Å²) < 4.78 is 22.0. The SMILES string of the molecule is Cl.Cl.NS(=O)(=O)c1cc2ccccc2cn1. The first-order valence-electron chi connectivity index (χ1n) is 3.95. The maximum absolute atomic E-state index is 11.0. The number of pyridine rings is 1. The third kappa shape index (κ3) is 3.05. The van der Waals surface area contributed by atoms with Gasteiger partial charge in [0.1, 0.15) is 0 Å². The number of aromatic nitrogens is 1. The number of primary sulfonamides is 1. The summed E-state index contributed by atoms with van der Waals surface area (Å²) in [4.78, 5) is 3.77. The third-order valence-corrected chi connectivity index (χ3v) is 2.70. The fraction of sp³-hybridized carbons (Fsp3) is 0. The molecule has 16 heavy (non-hydrogen) atoms. The Morgan fingerprint density at radius 2 is 1.62 bits per heavy atom. The number of nitrogens with zero attached hydrogens (tertiary/aromatic N) is 1. The second kappa shape index (κ2) is 5.45. The lowest BCUT2D eigenvalue weighted by atomic mass is 10.2. The molecule has 0 unspecified atom stereocenters. The van der Waals surface area contributed by atoms with Gasteiger partial charge in [-0.05, 0) is 11.5 Å². The molecule has 0 saturated heterocycles. The Morgan fingerprint density at radius 1 is 1.06 bits per heavy atom. The normalized spacial score (nSPS) is 10.3. The lowest BCUT2D eigenvalue weighted by Gasteiger charge is -1.99. The van der Waals surface area contributed by atoms with Crippen molar-refractivity contribution in [1.82, 2.24) is 4.98 Å². The van der Waals surface area contributed by atoms with Crippen molar-refractivity contribution in [2.24, 2.45) is 5.14 Å². The van der Waals surface area contributed by atoms with Crippen molar-refractivity contribution >= 4 is 45.6 Å². The van der Waals surface area contributed by atoms with Crippen LogP contribution in [0.5, 0.6) is 0 Å². The van der Waals surface area contributed by atoms with Crippen LogP contribution in [0.25, 0.3) is 10.8 Å². The van der Waals surface area contributed by atoms with E-state index < -0.39 is 10.0 Å². The van der Waals surface area contributed by atoms with Crippen LogP contribution in [0.4, 0.5) is 0 Å². The summed E-state index contributed by atoms with van der Waals surface area (Å²) in [6.07, 6.45) is 1.50. The van der Waals surface area contributed by atoms with Gasteiger partial charge in [-0.1, -0.05) is 24.3 Å².